The van der Waals surface area contributed by atoms with Crippen LogP contribution < -0.4 is 4.74 Å². The first kappa shape index (κ1) is 17.8. The van der Waals surface area contributed by atoms with E-state index < -0.39 is 0 Å². The maximum atomic E-state index is 6.00. The molecule has 0 aliphatic rings. The average molecular weight is 352 g/mol. The molecule has 0 heterocycles. The van der Waals surface area contributed by atoms with E-state index in [2.05, 4.69) is 59.5 Å². The molecular weight excluding hydrogens is 326 g/mol. The Morgan fingerprint density at radius 3 is 2.62 bits per heavy atom. The molecule has 0 aromatic heterocycles. The first-order chi connectivity index (χ1) is 10.0. The van der Waals surface area contributed by atoms with Crippen molar-refractivity contribution in [2.24, 2.45) is 0 Å². The van der Waals surface area contributed by atoms with E-state index in [4.69, 9.17) is 4.74 Å². The van der Waals surface area contributed by atoms with Crippen molar-refractivity contribution in [1.82, 2.24) is 4.90 Å². The molecule has 0 radical (unpaired) electrons. The zero-order chi connectivity index (χ0) is 15.8. The molecule has 0 N–H and O–H groups in total. The van der Waals surface area contributed by atoms with Crippen LogP contribution in [0.3, 0.4) is 0 Å². The van der Waals surface area contributed by atoms with Crippen LogP contribution in [0.1, 0.15) is 37.3 Å². The number of unbranched alkanes of at least 4 members (excludes halogenated alkanes) is 2. The van der Waals surface area contributed by atoms with Crippen LogP contribution in [-0.2, 0) is 0 Å². The third-order valence-electron chi connectivity index (χ3n) is 3.25. The molecule has 0 aliphatic carbocycles. The summed E-state index contributed by atoms with van der Waals surface area (Å²) in [7, 11) is 4.06. The SMILES string of the molecule is C=C/C(Br)=C(/c1cc(C)ccc1OCCCCC)N(C)C. The van der Waals surface area contributed by atoms with E-state index in [-0.39, 0.29) is 0 Å². The minimum atomic E-state index is 0.760. The second-order valence-electron chi connectivity index (χ2n) is 5.35. The summed E-state index contributed by atoms with van der Waals surface area (Å²) >= 11 is 3.60. The summed E-state index contributed by atoms with van der Waals surface area (Å²) in [6.45, 7) is 8.91. The fraction of sp³-hybridized carbons (Fsp3) is 0.444. The lowest BCUT2D eigenvalue weighted by Crippen LogP contribution is -2.13. The number of allylic oxidation sites excluding steroid dienone is 2. The van der Waals surface area contributed by atoms with Gasteiger partial charge in [-0.2, -0.15) is 0 Å². The molecular formula is C18H26BrNO. The first-order valence-corrected chi connectivity index (χ1v) is 8.23. The third kappa shape index (κ3) is 5.24. The van der Waals surface area contributed by atoms with Crippen LogP contribution in [0.2, 0.25) is 0 Å². The van der Waals surface area contributed by atoms with Crippen LogP contribution in [0.5, 0.6) is 5.75 Å². The highest BCUT2D eigenvalue weighted by molar-refractivity contribution is 9.12. The zero-order valence-corrected chi connectivity index (χ0v) is 15.2. The lowest BCUT2D eigenvalue weighted by molar-refractivity contribution is 0.304. The van der Waals surface area contributed by atoms with Crippen LogP contribution in [0.25, 0.3) is 5.70 Å². The van der Waals surface area contributed by atoms with Gasteiger partial charge in [0.15, 0.2) is 0 Å². The quantitative estimate of drug-likeness (QED) is 0.460. The number of rotatable bonds is 8. The van der Waals surface area contributed by atoms with Crippen LogP contribution in [0.15, 0.2) is 35.3 Å². The van der Waals surface area contributed by atoms with Gasteiger partial charge in [0.25, 0.3) is 0 Å². The van der Waals surface area contributed by atoms with Gasteiger partial charge in [0.1, 0.15) is 5.75 Å². The second kappa shape index (κ2) is 8.93. The van der Waals surface area contributed by atoms with E-state index in [0.29, 0.717) is 0 Å². The van der Waals surface area contributed by atoms with Gasteiger partial charge in [0.05, 0.1) is 12.3 Å². The van der Waals surface area contributed by atoms with Crippen molar-refractivity contribution in [3.63, 3.8) is 0 Å². The molecule has 0 atom stereocenters. The predicted octanol–water partition coefficient (Wildman–Crippen LogP) is 5.38. The molecule has 1 rings (SSSR count). The van der Waals surface area contributed by atoms with Crippen LogP contribution in [0, 0.1) is 6.92 Å². The number of benzene rings is 1. The highest BCUT2D eigenvalue weighted by Crippen LogP contribution is 2.33. The minimum absolute atomic E-state index is 0.760. The van der Waals surface area contributed by atoms with Crippen LogP contribution >= 0.6 is 15.9 Å². The predicted molar refractivity (Wildman–Crippen MR) is 95.9 cm³/mol. The lowest BCUT2D eigenvalue weighted by Gasteiger charge is -2.22. The summed E-state index contributed by atoms with van der Waals surface area (Å²) in [5.41, 5.74) is 3.40. The summed E-state index contributed by atoms with van der Waals surface area (Å²) in [4.78, 5) is 2.08. The highest BCUT2D eigenvalue weighted by Gasteiger charge is 2.14. The van der Waals surface area contributed by atoms with Crippen molar-refractivity contribution in [1.29, 1.82) is 0 Å². The first-order valence-electron chi connectivity index (χ1n) is 7.44. The molecule has 0 spiro atoms. The molecule has 0 amide bonds. The Labute approximate surface area is 137 Å². The van der Waals surface area contributed by atoms with Gasteiger partial charge in [0.2, 0.25) is 0 Å². The molecule has 21 heavy (non-hydrogen) atoms. The minimum Gasteiger partial charge on any atom is -0.493 e. The maximum absolute atomic E-state index is 6.00. The third-order valence-corrected chi connectivity index (χ3v) is 3.95. The Hall–Kier alpha value is -1.22. The lowest BCUT2D eigenvalue weighted by atomic mass is 10.1. The zero-order valence-electron chi connectivity index (χ0n) is 13.6. The topological polar surface area (TPSA) is 12.5 Å². The van der Waals surface area contributed by atoms with E-state index in [1.807, 2.05) is 20.2 Å². The summed E-state index contributed by atoms with van der Waals surface area (Å²) in [6, 6.07) is 6.31. The van der Waals surface area contributed by atoms with Gasteiger partial charge in [-0.1, -0.05) is 44.1 Å². The molecule has 0 saturated heterocycles. The molecule has 0 aliphatic heterocycles. The molecule has 0 saturated carbocycles. The number of hydrogen-bond donors (Lipinski definition) is 0. The summed E-state index contributed by atoms with van der Waals surface area (Å²) < 4.78 is 6.97. The summed E-state index contributed by atoms with van der Waals surface area (Å²) in [5.74, 6) is 0.930. The van der Waals surface area contributed by atoms with Crippen molar-refractivity contribution in [2.75, 3.05) is 20.7 Å². The second-order valence-corrected chi connectivity index (χ2v) is 6.20. The number of aryl methyl sites for hydroxylation is 1. The summed E-state index contributed by atoms with van der Waals surface area (Å²) in [6.07, 6.45) is 5.31. The van der Waals surface area contributed by atoms with Crippen molar-refractivity contribution < 1.29 is 4.74 Å². The molecule has 1 aromatic carbocycles. The molecule has 116 valence electrons. The molecule has 2 nitrogen and oxygen atoms in total. The van der Waals surface area contributed by atoms with Gasteiger partial charge in [-0.05, 0) is 41.4 Å². The van der Waals surface area contributed by atoms with Gasteiger partial charge >= 0.3 is 0 Å². The smallest absolute Gasteiger partial charge is 0.128 e. The number of halogens is 1. The van der Waals surface area contributed by atoms with E-state index in [0.717, 1.165) is 34.5 Å². The number of nitrogens with zero attached hydrogens (tertiary/aromatic N) is 1. The Morgan fingerprint density at radius 1 is 1.33 bits per heavy atom. The largest absolute Gasteiger partial charge is 0.493 e. The van der Waals surface area contributed by atoms with Crippen LogP contribution in [0.4, 0.5) is 0 Å². The van der Waals surface area contributed by atoms with Gasteiger partial charge in [-0.3, -0.25) is 0 Å². The van der Waals surface area contributed by atoms with E-state index >= 15 is 0 Å². The Kier molecular flexibility index (Phi) is 7.58. The van der Waals surface area contributed by atoms with Gasteiger partial charge in [-0.15, -0.1) is 0 Å². The van der Waals surface area contributed by atoms with Gasteiger partial charge in [0, 0.05) is 24.1 Å². The number of ether oxygens (including phenoxy) is 1. The molecule has 0 bridgehead atoms. The van der Waals surface area contributed by atoms with Crippen molar-refractivity contribution >= 4 is 21.6 Å². The van der Waals surface area contributed by atoms with Crippen molar-refractivity contribution in [3.8, 4) is 5.75 Å². The summed E-state index contributed by atoms with van der Waals surface area (Å²) in [5, 5.41) is 0. The molecule has 0 unspecified atom stereocenters. The van der Waals surface area contributed by atoms with Gasteiger partial charge < -0.3 is 9.64 Å². The van der Waals surface area contributed by atoms with Crippen molar-refractivity contribution in [3.05, 3.63) is 46.5 Å². The maximum Gasteiger partial charge on any atom is 0.128 e. The highest BCUT2D eigenvalue weighted by atomic mass is 79.9. The fourth-order valence-electron chi connectivity index (χ4n) is 2.17. The van der Waals surface area contributed by atoms with Crippen LogP contribution in [-0.4, -0.2) is 25.6 Å². The monoisotopic (exact) mass is 351 g/mol. The van der Waals surface area contributed by atoms with E-state index in [1.54, 1.807) is 0 Å². The van der Waals surface area contributed by atoms with E-state index in [1.165, 1.54) is 18.4 Å². The standard InChI is InChI=1S/C18H26BrNO/c1-6-8-9-12-21-17-11-10-14(3)13-15(17)18(20(4)5)16(19)7-2/h7,10-11,13H,2,6,8-9,12H2,1,3-5H3/b18-16+. The average Bonchev–Trinajstić information content (AvgIpc) is 2.45. The molecule has 1 aromatic rings. The molecule has 3 heteroatoms. The van der Waals surface area contributed by atoms with E-state index in [9.17, 15) is 0 Å². The van der Waals surface area contributed by atoms with Crippen molar-refractivity contribution in [2.45, 2.75) is 33.1 Å². The Balaban J connectivity index is 3.14. The Bertz CT molecular complexity index is 506. The number of hydrogen-bond acceptors (Lipinski definition) is 2. The molecule has 0 fully saturated rings. The normalized spacial score (nSPS) is 11.9. The van der Waals surface area contributed by atoms with Gasteiger partial charge in [-0.25, -0.2) is 0 Å². The fourth-order valence-corrected chi connectivity index (χ4v) is 2.74. The Morgan fingerprint density at radius 2 is 2.05 bits per heavy atom.